The molecule has 0 rings (SSSR count). The highest BCUT2D eigenvalue weighted by Gasteiger charge is 1.97. The second kappa shape index (κ2) is 2.64. The van der Waals surface area contributed by atoms with Crippen molar-refractivity contribution in [1.82, 2.24) is 0 Å². The molecular weight excluding hydrogens is 92.1 g/mol. The summed E-state index contributed by atoms with van der Waals surface area (Å²) in [5.41, 5.74) is 0. The lowest BCUT2D eigenvalue weighted by atomic mass is 10.2. The summed E-state index contributed by atoms with van der Waals surface area (Å²) in [7, 11) is 0. The summed E-state index contributed by atoms with van der Waals surface area (Å²) in [6.45, 7) is 7.18. The molecule has 0 aliphatic heterocycles. The Morgan fingerprint density at radius 2 is 2.14 bits per heavy atom. The van der Waals surface area contributed by atoms with Gasteiger partial charge in [0.25, 0.3) is 0 Å². The molecule has 0 atom stereocenters. The molecule has 0 bridgehead atoms. The van der Waals surface area contributed by atoms with Crippen LogP contribution in [0.4, 0.5) is 0 Å². The molecule has 0 fully saturated rings. The predicted molar refractivity (Wildman–Crippen MR) is 27.7 cm³/mol. The third kappa shape index (κ3) is 2.23. The van der Waals surface area contributed by atoms with Crippen molar-refractivity contribution >= 4 is 0 Å². The molecule has 2 nitrogen and oxygen atoms in total. The maximum Gasteiger partial charge on any atom is 0.137 e. The summed E-state index contributed by atoms with van der Waals surface area (Å²) < 4.78 is 0. The van der Waals surface area contributed by atoms with Gasteiger partial charge in [0.05, 0.1) is 0 Å². The van der Waals surface area contributed by atoms with Crippen LogP contribution in [0.25, 0.3) is 0 Å². The van der Waals surface area contributed by atoms with Crippen molar-refractivity contribution in [3.05, 3.63) is 12.3 Å². The van der Waals surface area contributed by atoms with Crippen LogP contribution in [0.3, 0.4) is 0 Å². The van der Waals surface area contributed by atoms with E-state index in [4.69, 9.17) is 5.26 Å². The van der Waals surface area contributed by atoms with Gasteiger partial charge < -0.3 is 4.89 Å². The van der Waals surface area contributed by atoms with Crippen LogP contribution in [0.5, 0.6) is 0 Å². The normalized spacial score (nSPS) is 9.14. The second-order valence-electron chi connectivity index (χ2n) is 1.71. The van der Waals surface area contributed by atoms with Crippen LogP contribution >= 0.6 is 0 Å². The lowest BCUT2D eigenvalue weighted by Crippen LogP contribution is -1.93. The van der Waals surface area contributed by atoms with Crippen LogP contribution in [0.15, 0.2) is 12.3 Å². The fourth-order valence-corrected chi connectivity index (χ4v) is 0.105. The zero-order valence-electron chi connectivity index (χ0n) is 4.64. The molecule has 0 spiro atoms. The Morgan fingerprint density at radius 3 is 2.14 bits per heavy atom. The third-order valence-corrected chi connectivity index (χ3v) is 0.761. The van der Waals surface area contributed by atoms with Gasteiger partial charge in [-0.3, -0.25) is 0 Å². The largest absolute Gasteiger partial charge is 0.345 e. The minimum atomic E-state index is 0.199. The Kier molecular flexibility index (Phi) is 2.45. The molecule has 0 aliphatic rings. The predicted octanol–water partition coefficient (Wildman–Crippen LogP) is 1.65. The molecule has 0 heterocycles. The fourth-order valence-electron chi connectivity index (χ4n) is 0.105. The summed E-state index contributed by atoms with van der Waals surface area (Å²) in [4.78, 5) is 3.82. The summed E-state index contributed by atoms with van der Waals surface area (Å²) >= 11 is 0. The molecule has 0 amide bonds. The van der Waals surface area contributed by atoms with E-state index in [1.807, 2.05) is 13.8 Å². The number of allylic oxidation sites excluding steroid dienone is 1. The Bertz CT molecular complexity index is 66.5. The quantitative estimate of drug-likeness (QED) is 0.326. The highest BCUT2D eigenvalue weighted by molar-refractivity contribution is 4.83. The van der Waals surface area contributed by atoms with Crippen molar-refractivity contribution in [2.75, 3.05) is 0 Å². The van der Waals surface area contributed by atoms with Gasteiger partial charge in [0, 0.05) is 5.92 Å². The van der Waals surface area contributed by atoms with E-state index in [1.165, 1.54) is 0 Å². The van der Waals surface area contributed by atoms with E-state index < -0.39 is 0 Å². The molecule has 0 aromatic heterocycles. The first kappa shape index (κ1) is 6.50. The van der Waals surface area contributed by atoms with Crippen molar-refractivity contribution in [3.63, 3.8) is 0 Å². The van der Waals surface area contributed by atoms with Crippen LogP contribution in [0.1, 0.15) is 13.8 Å². The number of hydrogen-bond acceptors (Lipinski definition) is 2. The summed E-state index contributed by atoms with van der Waals surface area (Å²) in [6, 6.07) is 0. The molecule has 0 aliphatic carbocycles. The molecule has 1 N–H and O–H groups in total. The summed E-state index contributed by atoms with van der Waals surface area (Å²) in [5, 5.41) is 7.91. The van der Waals surface area contributed by atoms with Gasteiger partial charge in [-0.2, -0.15) is 0 Å². The van der Waals surface area contributed by atoms with E-state index in [0.29, 0.717) is 5.76 Å². The smallest absolute Gasteiger partial charge is 0.137 e. The van der Waals surface area contributed by atoms with E-state index in [2.05, 4.69) is 11.5 Å². The van der Waals surface area contributed by atoms with Crippen molar-refractivity contribution in [2.24, 2.45) is 5.92 Å². The highest BCUT2D eigenvalue weighted by atomic mass is 17.1. The highest BCUT2D eigenvalue weighted by Crippen LogP contribution is 2.04. The fraction of sp³-hybridized carbons (Fsp3) is 0.600. The molecule has 2 heteroatoms. The molecule has 0 aromatic carbocycles. The van der Waals surface area contributed by atoms with Crippen LogP contribution in [0.2, 0.25) is 0 Å². The lowest BCUT2D eigenvalue weighted by molar-refractivity contribution is -0.209. The summed E-state index contributed by atoms with van der Waals surface area (Å²) in [6.07, 6.45) is 0. The molecule has 0 aromatic rings. The molecule has 42 valence electrons. The minimum absolute atomic E-state index is 0.199. The van der Waals surface area contributed by atoms with Gasteiger partial charge in [0.2, 0.25) is 0 Å². The van der Waals surface area contributed by atoms with Crippen molar-refractivity contribution < 1.29 is 10.1 Å². The molecule has 0 radical (unpaired) electrons. The Labute approximate surface area is 43.3 Å². The SMILES string of the molecule is C=C(OO)C(C)C. The van der Waals surface area contributed by atoms with Gasteiger partial charge in [-0.15, -0.1) is 0 Å². The monoisotopic (exact) mass is 102 g/mol. The van der Waals surface area contributed by atoms with E-state index in [-0.39, 0.29) is 5.92 Å². The molecular formula is C5H10O2. The topological polar surface area (TPSA) is 29.5 Å². The first-order chi connectivity index (χ1) is 3.18. The Morgan fingerprint density at radius 1 is 1.71 bits per heavy atom. The van der Waals surface area contributed by atoms with Gasteiger partial charge in [-0.25, -0.2) is 5.26 Å². The average Bonchev–Trinajstić information content (AvgIpc) is 1.65. The number of hydrogen-bond donors (Lipinski definition) is 1. The van der Waals surface area contributed by atoms with E-state index in [0.717, 1.165) is 0 Å². The van der Waals surface area contributed by atoms with Crippen LogP contribution in [-0.4, -0.2) is 5.26 Å². The maximum absolute atomic E-state index is 7.91. The van der Waals surface area contributed by atoms with Crippen molar-refractivity contribution in [3.8, 4) is 0 Å². The van der Waals surface area contributed by atoms with Gasteiger partial charge in [0.1, 0.15) is 5.76 Å². The third-order valence-electron chi connectivity index (χ3n) is 0.761. The van der Waals surface area contributed by atoms with Crippen LogP contribution in [0, 0.1) is 5.92 Å². The van der Waals surface area contributed by atoms with Crippen molar-refractivity contribution in [1.29, 1.82) is 0 Å². The lowest BCUT2D eigenvalue weighted by Gasteiger charge is -2.01. The Hall–Kier alpha value is -0.500. The second-order valence-corrected chi connectivity index (χ2v) is 1.71. The summed E-state index contributed by atoms with van der Waals surface area (Å²) in [5.74, 6) is 0.602. The van der Waals surface area contributed by atoms with Crippen LogP contribution < -0.4 is 0 Å². The van der Waals surface area contributed by atoms with E-state index in [1.54, 1.807) is 0 Å². The molecule has 0 unspecified atom stereocenters. The molecule has 0 saturated heterocycles. The van der Waals surface area contributed by atoms with Crippen LogP contribution in [-0.2, 0) is 4.89 Å². The van der Waals surface area contributed by atoms with Gasteiger partial charge in [-0.1, -0.05) is 20.4 Å². The first-order valence-electron chi connectivity index (χ1n) is 2.18. The zero-order valence-corrected chi connectivity index (χ0v) is 4.64. The maximum atomic E-state index is 7.91. The van der Waals surface area contributed by atoms with Crippen molar-refractivity contribution in [2.45, 2.75) is 13.8 Å². The average molecular weight is 102 g/mol. The minimum Gasteiger partial charge on any atom is -0.345 e. The van der Waals surface area contributed by atoms with Gasteiger partial charge >= 0.3 is 0 Å². The molecule has 0 saturated carbocycles. The van der Waals surface area contributed by atoms with E-state index >= 15 is 0 Å². The first-order valence-corrected chi connectivity index (χ1v) is 2.18. The standard InChI is InChI=1S/C5H10O2/c1-4(2)5(3)7-6/h4,6H,3H2,1-2H3. The molecule has 7 heavy (non-hydrogen) atoms. The zero-order chi connectivity index (χ0) is 5.86. The van der Waals surface area contributed by atoms with Gasteiger partial charge in [0.15, 0.2) is 0 Å². The number of rotatable bonds is 2. The van der Waals surface area contributed by atoms with Gasteiger partial charge in [-0.05, 0) is 0 Å². The Balaban J connectivity index is 3.35. The van der Waals surface area contributed by atoms with E-state index in [9.17, 15) is 0 Å².